The highest BCUT2D eigenvalue weighted by molar-refractivity contribution is 5.81. The zero-order valence-corrected chi connectivity index (χ0v) is 10.3. The Morgan fingerprint density at radius 2 is 2.00 bits per heavy atom. The predicted molar refractivity (Wildman–Crippen MR) is 64.4 cm³/mol. The Bertz CT molecular complexity index is 415. The van der Waals surface area contributed by atoms with Gasteiger partial charge in [-0.1, -0.05) is 0 Å². The van der Waals surface area contributed by atoms with Gasteiger partial charge >= 0.3 is 0 Å². The summed E-state index contributed by atoms with van der Waals surface area (Å²) in [4.78, 5) is 21.6. The summed E-state index contributed by atoms with van der Waals surface area (Å²) in [5, 5.41) is 0. The summed E-state index contributed by atoms with van der Waals surface area (Å²) in [6, 6.07) is -0.557. The first-order valence-corrected chi connectivity index (χ1v) is 6.04. The molecule has 0 radical (unpaired) electrons. The number of hydrogen-bond acceptors (Lipinski definition) is 4. The third-order valence-corrected chi connectivity index (χ3v) is 3.21. The second kappa shape index (κ2) is 5.39. The molecule has 1 aromatic rings. The summed E-state index contributed by atoms with van der Waals surface area (Å²) in [6.07, 6.45) is 3.33. The minimum atomic E-state index is -0.774. The number of carbonyl (C=O) groups excluding carboxylic acids is 1. The number of likely N-dealkylation sites (tertiary alicyclic amines) is 1. The Kier molecular flexibility index (Phi) is 3.86. The van der Waals surface area contributed by atoms with Crippen LogP contribution in [0.5, 0.6) is 0 Å². The van der Waals surface area contributed by atoms with Crippen molar-refractivity contribution < 1.29 is 9.18 Å². The molecule has 0 saturated carbocycles. The van der Waals surface area contributed by atoms with Crippen LogP contribution in [0, 0.1) is 6.92 Å². The number of hydrogen-bond donors (Lipinski definition) is 1. The van der Waals surface area contributed by atoms with E-state index in [-0.39, 0.29) is 0 Å². The van der Waals surface area contributed by atoms with Crippen molar-refractivity contribution >= 4 is 5.91 Å². The fraction of sp³-hybridized carbons (Fsp3) is 0.583. The van der Waals surface area contributed by atoms with Gasteiger partial charge in [0.1, 0.15) is 18.0 Å². The maximum absolute atomic E-state index is 13.1. The van der Waals surface area contributed by atoms with Crippen molar-refractivity contribution in [2.75, 3.05) is 13.1 Å². The first-order valence-electron chi connectivity index (χ1n) is 6.04. The maximum Gasteiger partial charge on any atom is 0.239 e. The lowest BCUT2D eigenvalue weighted by Crippen LogP contribution is -2.43. The van der Waals surface area contributed by atoms with Crippen molar-refractivity contribution in [2.24, 2.45) is 5.73 Å². The molecule has 1 aliphatic rings. The number of alkyl halides is 1. The Morgan fingerprint density at radius 3 is 2.50 bits per heavy atom. The van der Waals surface area contributed by atoms with E-state index in [1.807, 2.05) is 4.90 Å². The fourth-order valence-electron chi connectivity index (χ4n) is 2.22. The fourth-order valence-corrected chi connectivity index (χ4v) is 2.22. The zero-order chi connectivity index (χ0) is 13.1. The van der Waals surface area contributed by atoms with Gasteiger partial charge in [-0.3, -0.25) is 9.69 Å². The van der Waals surface area contributed by atoms with Gasteiger partial charge in [-0.2, -0.15) is 0 Å². The average Bonchev–Trinajstić information content (AvgIpc) is 2.34. The van der Waals surface area contributed by atoms with Crippen LogP contribution >= 0.6 is 0 Å². The molecule has 1 fully saturated rings. The van der Waals surface area contributed by atoms with Gasteiger partial charge in [0, 0.05) is 31.0 Å². The largest absolute Gasteiger partial charge is 0.368 e. The van der Waals surface area contributed by atoms with Crippen molar-refractivity contribution in [1.29, 1.82) is 0 Å². The van der Waals surface area contributed by atoms with E-state index in [0.717, 1.165) is 0 Å². The first kappa shape index (κ1) is 12.9. The van der Waals surface area contributed by atoms with Gasteiger partial charge < -0.3 is 5.73 Å². The standard InChI is InChI=1S/C12H17FN4O/c1-8-15-6-9(7-16-8)11(12(14)18)17-4-2-10(13)3-5-17/h6-7,10-11H,2-5H2,1H3,(H2,14,18). The van der Waals surface area contributed by atoms with Gasteiger partial charge in [0.25, 0.3) is 0 Å². The number of amides is 1. The summed E-state index contributed by atoms with van der Waals surface area (Å²) in [5.74, 6) is 0.198. The molecule has 0 bridgehead atoms. The number of aromatic nitrogens is 2. The third-order valence-electron chi connectivity index (χ3n) is 3.21. The van der Waals surface area contributed by atoms with Crippen LogP contribution in [0.2, 0.25) is 0 Å². The SMILES string of the molecule is Cc1ncc(C(C(N)=O)N2CCC(F)CC2)cn1. The number of halogens is 1. The molecule has 1 atom stereocenters. The smallest absolute Gasteiger partial charge is 0.239 e. The lowest BCUT2D eigenvalue weighted by molar-refractivity contribution is -0.124. The second-order valence-corrected chi connectivity index (χ2v) is 4.58. The molecular formula is C12H17FN4O. The first-order chi connectivity index (χ1) is 8.58. The molecule has 1 aromatic heterocycles. The molecule has 98 valence electrons. The van der Waals surface area contributed by atoms with Crippen molar-refractivity contribution in [3.63, 3.8) is 0 Å². The number of carbonyl (C=O) groups is 1. The molecule has 6 heteroatoms. The highest BCUT2D eigenvalue weighted by atomic mass is 19.1. The Hall–Kier alpha value is -1.56. The van der Waals surface area contributed by atoms with Gasteiger partial charge in [0.2, 0.25) is 5.91 Å². The topological polar surface area (TPSA) is 72.1 Å². The number of nitrogens with two attached hydrogens (primary N) is 1. The monoisotopic (exact) mass is 252 g/mol. The highest BCUT2D eigenvalue weighted by Crippen LogP contribution is 2.24. The quantitative estimate of drug-likeness (QED) is 0.861. The normalized spacial score (nSPS) is 19.7. The number of nitrogens with zero attached hydrogens (tertiary/aromatic N) is 3. The van der Waals surface area contributed by atoms with Crippen molar-refractivity contribution in [1.82, 2.24) is 14.9 Å². The van der Waals surface area contributed by atoms with E-state index in [4.69, 9.17) is 5.73 Å². The summed E-state index contributed by atoms with van der Waals surface area (Å²) in [5.41, 5.74) is 6.11. The van der Waals surface area contributed by atoms with Crippen LogP contribution < -0.4 is 5.73 Å². The van der Waals surface area contributed by atoms with E-state index < -0.39 is 18.1 Å². The third kappa shape index (κ3) is 2.81. The van der Waals surface area contributed by atoms with E-state index in [0.29, 0.717) is 37.3 Å². The van der Waals surface area contributed by atoms with Crippen LogP contribution in [0.15, 0.2) is 12.4 Å². The average molecular weight is 252 g/mol. The minimum Gasteiger partial charge on any atom is -0.368 e. The molecule has 2 N–H and O–H groups in total. The van der Waals surface area contributed by atoms with Gasteiger partial charge in [0.15, 0.2) is 0 Å². The van der Waals surface area contributed by atoms with Crippen LogP contribution in [0.25, 0.3) is 0 Å². The van der Waals surface area contributed by atoms with E-state index in [9.17, 15) is 9.18 Å². The van der Waals surface area contributed by atoms with Crippen LogP contribution in [0.3, 0.4) is 0 Å². The molecule has 2 rings (SSSR count). The lowest BCUT2D eigenvalue weighted by Gasteiger charge is -2.33. The Morgan fingerprint density at radius 1 is 1.44 bits per heavy atom. The Balaban J connectivity index is 2.18. The summed E-state index contributed by atoms with van der Waals surface area (Å²) >= 11 is 0. The number of aryl methyl sites for hydroxylation is 1. The van der Waals surface area contributed by atoms with Crippen LogP contribution in [-0.2, 0) is 4.79 Å². The lowest BCUT2D eigenvalue weighted by atomic mass is 10.0. The zero-order valence-electron chi connectivity index (χ0n) is 10.3. The molecule has 1 saturated heterocycles. The minimum absolute atomic E-state index is 0.441. The van der Waals surface area contributed by atoms with Gasteiger partial charge in [-0.15, -0.1) is 0 Å². The van der Waals surface area contributed by atoms with E-state index in [1.165, 1.54) is 0 Å². The Labute approximate surface area is 105 Å². The molecule has 1 amide bonds. The van der Waals surface area contributed by atoms with E-state index in [2.05, 4.69) is 9.97 Å². The van der Waals surface area contributed by atoms with E-state index >= 15 is 0 Å². The van der Waals surface area contributed by atoms with Crippen molar-refractivity contribution in [3.8, 4) is 0 Å². The van der Waals surface area contributed by atoms with Gasteiger partial charge in [-0.05, 0) is 19.8 Å². The molecule has 1 unspecified atom stereocenters. The molecule has 1 aliphatic heterocycles. The molecule has 2 heterocycles. The van der Waals surface area contributed by atoms with E-state index in [1.54, 1.807) is 19.3 Å². The number of primary amides is 1. The van der Waals surface area contributed by atoms with Crippen LogP contribution in [0.1, 0.15) is 30.3 Å². The predicted octanol–water partition coefficient (Wildman–Crippen LogP) is 0.745. The summed E-state index contributed by atoms with van der Waals surface area (Å²) < 4.78 is 13.1. The highest BCUT2D eigenvalue weighted by Gasteiger charge is 2.30. The maximum atomic E-state index is 13.1. The molecule has 5 nitrogen and oxygen atoms in total. The summed E-state index contributed by atoms with van der Waals surface area (Å²) in [6.45, 7) is 2.84. The van der Waals surface area contributed by atoms with Crippen LogP contribution in [0.4, 0.5) is 4.39 Å². The molecule has 0 aliphatic carbocycles. The van der Waals surface area contributed by atoms with Crippen LogP contribution in [-0.4, -0.2) is 40.0 Å². The summed E-state index contributed by atoms with van der Waals surface area (Å²) in [7, 11) is 0. The van der Waals surface area contributed by atoms with Crippen molar-refractivity contribution in [3.05, 3.63) is 23.8 Å². The number of rotatable bonds is 3. The van der Waals surface area contributed by atoms with Gasteiger partial charge in [0.05, 0.1) is 0 Å². The molecule has 0 spiro atoms. The van der Waals surface area contributed by atoms with Crippen molar-refractivity contribution in [2.45, 2.75) is 32.0 Å². The molecular weight excluding hydrogens is 235 g/mol. The molecule has 0 aromatic carbocycles. The second-order valence-electron chi connectivity index (χ2n) is 4.58. The molecule has 18 heavy (non-hydrogen) atoms. The van der Waals surface area contributed by atoms with Gasteiger partial charge in [-0.25, -0.2) is 14.4 Å². The number of piperidine rings is 1.